The smallest absolute Gasteiger partial charge is 0.335 e. The highest BCUT2D eigenvalue weighted by Crippen LogP contribution is 2.16. The molecule has 2 amide bonds. The molecule has 8 heteroatoms. The standard InChI is InChI=1S/C13H17FN2O4S/c1-8(21(2)20)5-6-15-13(19)16-11-7-9(12(17)18)3-4-10(11)14/h3-4,7-8H,5-6H2,1-2H3,(H,17,18)(H2,15,16,19). The van der Waals surface area contributed by atoms with E-state index < -0.39 is 28.6 Å². The number of hydrogen-bond donors (Lipinski definition) is 3. The summed E-state index contributed by atoms with van der Waals surface area (Å²) in [7, 11) is -0.972. The number of benzene rings is 1. The average molecular weight is 316 g/mol. The molecule has 116 valence electrons. The highest BCUT2D eigenvalue weighted by atomic mass is 32.2. The molecule has 0 heterocycles. The molecule has 0 aromatic heterocycles. The summed E-state index contributed by atoms with van der Waals surface area (Å²) in [6.45, 7) is 2.08. The Labute approximate surface area is 124 Å². The van der Waals surface area contributed by atoms with E-state index in [9.17, 15) is 18.2 Å². The van der Waals surface area contributed by atoms with E-state index in [1.807, 2.05) is 0 Å². The minimum Gasteiger partial charge on any atom is -0.478 e. The Balaban J connectivity index is 2.57. The van der Waals surface area contributed by atoms with Crippen molar-refractivity contribution in [3.8, 4) is 0 Å². The monoisotopic (exact) mass is 316 g/mol. The second-order valence-electron chi connectivity index (χ2n) is 4.48. The molecule has 6 nitrogen and oxygen atoms in total. The highest BCUT2D eigenvalue weighted by Gasteiger charge is 2.11. The zero-order chi connectivity index (χ0) is 16.0. The minimum atomic E-state index is -1.21. The molecular weight excluding hydrogens is 299 g/mol. The van der Waals surface area contributed by atoms with Crippen LogP contribution in [0, 0.1) is 5.82 Å². The predicted molar refractivity (Wildman–Crippen MR) is 78.5 cm³/mol. The van der Waals surface area contributed by atoms with Crippen LogP contribution in [0.15, 0.2) is 18.2 Å². The Kier molecular flexibility index (Phi) is 6.29. The molecule has 0 aliphatic heterocycles. The number of hydrogen-bond acceptors (Lipinski definition) is 3. The number of nitrogens with one attached hydrogen (secondary N) is 2. The van der Waals surface area contributed by atoms with Gasteiger partial charge in [-0.1, -0.05) is 6.92 Å². The lowest BCUT2D eigenvalue weighted by atomic mass is 10.2. The van der Waals surface area contributed by atoms with Gasteiger partial charge >= 0.3 is 12.0 Å². The van der Waals surface area contributed by atoms with Crippen LogP contribution in [0.2, 0.25) is 0 Å². The molecule has 0 fully saturated rings. The van der Waals surface area contributed by atoms with E-state index in [0.717, 1.165) is 18.2 Å². The molecule has 1 aromatic rings. The second kappa shape index (κ2) is 7.72. The van der Waals surface area contributed by atoms with Crippen LogP contribution in [-0.2, 0) is 10.8 Å². The fourth-order valence-corrected chi connectivity index (χ4v) is 1.93. The molecule has 0 radical (unpaired) electrons. The third kappa shape index (κ3) is 5.50. The zero-order valence-corrected chi connectivity index (χ0v) is 12.5. The van der Waals surface area contributed by atoms with Crippen molar-refractivity contribution in [1.82, 2.24) is 5.32 Å². The number of carboxylic acids is 1. The lowest BCUT2D eigenvalue weighted by Gasteiger charge is -2.11. The van der Waals surface area contributed by atoms with Crippen LogP contribution >= 0.6 is 0 Å². The molecule has 3 N–H and O–H groups in total. The lowest BCUT2D eigenvalue weighted by molar-refractivity contribution is 0.0697. The van der Waals surface area contributed by atoms with Gasteiger partial charge in [-0.15, -0.1) is 0 Å². The first-order chi connectivity index (χ1) is 9.81. The van der Waals surface area contributed by atoms with Crippen LogP contribution in [0.1, 0.15) is 23.7 Å². The summed E-state index contributed by atoms with van der Waals surface area (Å²) in [4.78, 5) is 22.4. The van der Waals surface area contributed by atoms with Crippen molar-refractivity contribution in [2.24, 2.45) is 0 Å². The van der Waals surface area contributed by atoms with E-state index in [1.165, 1.54) is 0 Å². The van der Waals surface area contributed by atoms with Crippen molar-refractivity contribution >= 4 is 28.5 Å². The number of halogens is 1. The zero-order valence-electron chi connectivity index (χ0n) is 11.7. The van der Waals surface area contributed by atoms with Crippen molar-refractivity contribution in [2.45, 2.75) is 18.6 Å². The number of aromatic carboxylic acids is 1. The van der Waals surface area contributed by atoms with Crippen LogP contribution in [0.25, 0.3) is 0 Å². The number of carbonyl (C=O) groups excluding carboxylic acids is 1. The van der Waals surface area contributed by atoms with Crippen molar-refractivity contribution < 1.29 is 23.3 Å². The van der Waals surface area contributed by atoms with Gasteiger partial charge in [-0.05, 0) is 24.6 Å². The van der Waals surface area contributed by atoms with Gasteiger partial charge in [0, 0.05) is 28.9 Å². The number of anilines is 1. The van der Waals surface area contributed by atoms with E-state index in [2.05, 4.69) is 10.6 Å². The first-order valence-electron chi connectivity index (χ1n) is 6.21. The van der Waals surface area contributed by atoms with E-state index >= 15 is 0 Å². The van der Waals surface area contributed by atoms with Gasteiger partial charge in [0.1, 0.15) is 5.82 Å². The molecule has 21 heavy (non-hydrogen) atoms. The van der Waals surface area contributed by atoms with Crippen LogP contribution in [0.5, 0.6) is 0 Å². The van der Waals surface area contributed by atoms with E-state index in [1.54, 1.807) is 13.2 Å². The summed E-state index contributed by atoms with van der Waals surface area (Å²) >= 11 is 0. The SMILES string of the molecule is CC(CCNC(=O)Nc1cc(C(=O)O)ccc1F)S(C)=O. The lowest BCUT2D eigenvalue weighted by Crippen LogP contribution is -2.31. The summed E-state index contributed by atoms with van der Waals surface area (Å²) in [5.74, 6) is -1.93. The quantitative estimate of drug-likeness (QED) is 0.746. The average Bonchev–Trinajstić information content (AvgIpc) is 2.40. The fourth-order valence-electron chi connectivity index (χ4n) is 1.48. The van der Waals surface area contributed by atoms with Crippen LogP contribution < -0.4 is 10.6 Å². The van der Waals surface area contributed by atoms with E-state index in [0.29, 0.717) is 6.42 Å². The minimum absolute atomic E-state index is 0.0580. The molecule has 2 unspecified atom stereocenters. The van der Waals surface area contributed by atoms with Crippen molar-refractivity contribution in [1.29, 1.82) is 0 Å². The number of carbonyl (C=O) groups is 2. The maximum atomic E-state index is 13.5. The van der Waals surface area contributed by atoms with Gasteiger partial charge in [0.05, 0.1) is 11.3 Å². The first kappa shape index (κ1) is 17.1. The van der Waals surface area contributed by atoms with E-state index in [4.69, 9.17) is 5.11 Å². The molecule has 0 saturated carbocycles. The molecule has 0 spiro atoms. The Morgan fingerprint density at radius 1 is 1.43 bits per heavy atom. The number of amides is 2. The maximum Gasteiger partial charge on any atom is 0.335 e. The van der Waals surface area contributed by atoms with Crippen molar-refractivity contribution in [2.75, 3.05) is 18.1 Å². The molecule has 0 bridgehead atoms. The Bertz CT molecular complexity index is 565. The molecular formula is C13H17FN2O4S. The summed E-state index contributed by atoms with van der Waals surface area (Å²) < 4.78 is 24.6. The molecule has 1 aromatic carbocycles. The van der Waals surface area contributed by atoms with Gasteiger partial charge in [-0.3, -0.25) is 4.21 Å². The molecule has 0 aliphatic carbocycles. The molecule has 0 saturated heterocycles. The van der Waals surface area contributed by atoms with Crippen LogP contribution in [-0.4, -0.2) is 39.4 Å². The first-order valence-corrected chi connectivity index (χ1v) is 7.83. The maximum absolute atomic E-state index is 13.5. The summed E-state index contributed by atoms with van der Waals surface area (Å²) in [6.07, 6.45) is 2.10. The molecule has 1 rings (SSSR count). The predicted octanol–water partition coefficient (Wildman–Crippen LogP) is 1.80. The highest BCUT2D eigenvalue weighted by molar-refractivity contribution is 7.84. The second-order valence-corrected chi connectivity index (χ2v) is 6.28. The van der Waals surface area contributed by atoms with Gasteiger partial charge in [0.2, 0.25) is 0 Å². The fraction of sp³-hybridized carbons (Fsp3) is 0.385. The third-order valence-corrected chi connectivity index (χ3v) is 4.23. The molecule has 0 aliphatic rings. The van der Waals surface area contributed by atoms with Gasteiger partial charge in [0.25, 0.3) is 0 Å². The largest absolute Gasteiger partial charge is 0.478 e. The van der Waals surface area contributed by atoms with Gasteiger partial charge in [-0.2, -0.15) is 0 Å². The Morgan fingerprint density at radius 3 is 2.67 bits per heavy atom. The Morgan fingerprint density at radius 2 is 2.10 bits per heavy atom. The number of carboxylic acid groups (broad SMARTS) is 1. The topological polar surface area (TPSA) is 95.5 Å². The van der Waals surface area contributed by atoms with Crippen LogP contribution in [0.4, 0.5) is 14.9 Å². The van der Waals surface area contributed by atoms with Crippen LogP contribution in [0.3, 0.4) is 0 Å². The molecule has 2 atom stereocenters. The summed E-state index contributed by atoms with van der Waals surface area (Å²) in [5.41, 5.74) is -0.332. The van der Waals surface area contributed by atoms with Gasteiger partial charge < -0.3 is 15.7 Å². The number of urea groups is 1. The third-order valence-electron chi connectivity index (χ3n) is 2.86. The van der Waals surface area contributed by atoms with Gasteiger partial charge in [-0.25, -0.2) is 14.0 Å². The number of rotatable bonds is 6. The van der Waals surface area contributed by atoms with Crippen molar-refractivity contribution in [3.63, 3.8) is 0 Å². The van der Waals surface area contributed by atoms with E-state index in [-0.39, 0.29) is 23.0 Å². The normalized spacial score (nSPS) is 13.3. The van der Waals surface area contributed by atoms with Crippen molar-refractivity contribution in [3.05, 3.63) is 29.6 Å². The Hall–Kier alpha value is -1.96. The van der Waals surface area contributed by atoms with Gasteiger partial charge in [0.15, 0.2) is 0 Å². The summed E-state index contributed by atoms with van der Waals surface area (Å²) in [6, 6.07) is 2.48. The summed E-state index contributed by atoms with van der Waals surface area (Å²) in [5, 5.41) is 13.5.